The van der Waals surface area contributed by atoms with Crippen molar-refractivity contribution in [3.63, 3.8) is 0 Å². The summed E-state index contributed by atoms with van der Waals surface area (Å²) < 4.78 is 98.0. The van der Waals surface area contributed by atoms with Crippen LogP contribution in [0.4, 0.5) is 33.3 Å². The normalized spacial score (nSPS) is 29.0. The van der Waals surface area contributed by atoms with E-state index in [1.165, 1.54) is 41.4 Å². The number of alkyl halides is 5. The standard InChI is InChI=1S/C27H27ClF5N5O4S/c1-23(27(31,32)33)14-37(17-12-34-19-11-18(28)36-38(19)21(17)23)16-5-3-15(4-6-16)20-24(2,26(20,29)30)22(39)35-13-25(40)7-9-43(41,42)10-8-25/h3-6,11-12,20,40H,7-10,13-14H2,1-2H3,(H,35,39)/t20-,23-,24+/m1/s1. The number of carbonyl (C=O) groups is 1. The highest BCUT2D eigenvalue weighted by atomic mass is 35.5. The number of hydrogen-bond donors (Lipinski definition) is 2. The first-order valence-corrected chi connectivity index (χ1v) is 15.6. The molecule has 4 heterocycles. The molecule has 0 spiro atoms. The van der Waals surface area contributed by atoms with E-state index >= 15 is 8.78 Å². The number of hydrogen-bond acceptors (Lipinski definition) is 7. The number of rotatable bonds is 5. The first-order chi connectivity index (χ1) is 19.8. The Balaban J connectivity index is 1.24. The van der Waals surface area contributed by atoms with Crippen LogP contribution in [0.1, 0.15) is 43.9 Å². The summed E-state index contributed by atoms with van der Waals surface area (Å²) in [5.74, 6) is -6.48. The number of nitrogens with zero attached hydrogens (tertiary/aromatic N) is 4. The van der Waals surface area contributed by atoms with E-state index in [9.17, 15) is 31.5 Å². The average Bonchev–Trinajstić information content (AvgIpc) is 3.19. The van der Waals surface area contributed by atoms with Crippen LogP contribution in [0.5, 0.6) is 0 Å². The molecule has 0 radical (unpaired) electrons. The van der Waals surface area contributed by atoms with Crippen molar-refractivity contribution in [2.45, 2.75) is 55.7 Å². The van der Waals surface area contributed by atoms with Gasteiger partial charge >= 0.3 is 6.18 Å². The topological polar surface area (TPSA) is 117 Å². The quantitative estimate of drug-likeness (QED) is 0.400. The predicted molar refractivity (Wildman–Crippen MR) is 146 cm³/mol. The molecule has 43 heavy (non-hydrogen) atoms. The molecule has 2 aromatic heterocycles. The van der Waals surface area contributed by atoms with E-state index in [0.717, 1.165) is 18.4 Å². The molecule has 3 aliphatic rings. The van der Waals surface area contributed by atoms with Crippen LogP contribution in [0.15, 0.2) is 36.5 Å². The van der Waals surface area contributed by atoms with Crippen molar-refractivity contribution in [3.8, 4) is 0 Å². The molecular weight excluding hydrogens is 621 g/mol. The smallest absolute Gasteiger partial charge is 0.388 e. The van der Waals surface area contributed by atoms with Crippen LogP contribution >= 0.6 is 11.6 Å². The van der Waals surface area contributed by atoms with E-state index in [4.69, 9.17) is 11.6 Å². The Morgan fingerprint density at radius 3 is 2.40 bits per heavy atom. The van der Waals surface area contributed by atoms with Crippen molar-refractivity contribution in [1.82, 2.24) is 19.9 Å². The first kappa shape index (κ1) is 30.0. The molecule has 2 aliphatic heterocycles. The van der Waals surface area contributed by atoms with Crippen LogP contribution in [-0.2, 0) is 20.0 Å². The van der Waals surface area contributed by atoms with E-state index < -0.39 is 56.7 Å². The van der Waals surface area contributed by atoms with Crippen LogP contribution < -0.4 is 10.2 Å². The SMILES string of the molecule is C[C@@]1(C(F)(F)F)CN(c2ccc([C@H]3C(F)(F)[C@]3(C)C(=O)NCC3(O)CCS(=O)(=O)CC3)cc2)c2cnc3cc(Cl)nn3c21. The number of aliphatic hydroxyl groups is 1. The Kier molecular flexibility index (Phi) is 6.45. The number of aromatic nitrogens is 3. The number of carbonyl (C=O) groups excluding carboxylic acids is 1. The fraction of sp³-hybridized carbons (Fsp3) is 0.519. The number of amides is 1. The molecule has 9 nitrogen and oxygen atoms in total. The maximum Gasteiger partial charge on any atom is 0.401 e. The van der Waals surface area contributed by atoms with Gasteiger partial charge in [0, 0.05) is 24.8 Å². The van der Waals surface area contributed by atoms with Gasteiger partial charge in [0.05, 0.1) is 40.6 Å². The maximum absolute atomic E-state index is 15.2. The van der Waals surface area contributed by atoms with Gasteiger partial charge in [0.1, 0.15) is 10.8 Å². The molecule has 1 amide bonds. The largest absolute Gasteiger partial charge is 0.401 e. The Labute approximate surface area is 247 Å². The molecule has 6 rings (SSSR count). The minimum Gasteiger partial charge on any atom is -0.388 e. The summed E-state index contributed by atoms with van der Waals surface area (Å²) >= 11 is 5.95. The summed E-state index contributed by atoms with van der Waals surface area (Å²) in [6.45, 7) is 1.27. The summed E-state index contributed by atoms with van der Waals surface area (Å²) in [7, 11) is -3.29. The molecule has 16 heteroatoms. The molecular formula is C27H27ClF5N5O4S. The lowest BCUT2D eigenvalue weighted by Crippen LogP contribution is -2.49. The summed E-state index contributed by atoms with van der Waals surface area (Å²) in [4.78, 5) is 18.5. The molecule has 1 saturated carbocycles. The molecule has 1 saturated heterocycles. The average molecular weight is 648 g/mol. The summed E-state index contributed by atoms with van der Waals surface area (Å²) in [5, 5.41) is 17.0. The molecule has 2 N–H and O–H groups in total. The third kappa shape index (κ3) is 4.48. The molecule has 0 bridgehead atoms. The minimum absolute atomic E-state index is 0.0217. The van der Waals surface area contributed by atoms with Gasteiger partial charge < -0.3 is 15.3 Å². The zero-order valence-corrected chi connectivity index (χ0v) is 24.5. The van der Waals surface area contributed by atoms with Gasteiger partial charge in [-0.05, 0) is 44.4 Å². The second-order valence-electron chi connectivity index (χ2n) is 12.1. The van der Waals surface area contributed by atoms with Crippen molar-refractivity contribution < 1.29 is 40.3 Å². The van der Waals surface area contributed by atoms with E-state index in [1.807, 2.05) is 0 Å². The van der Waals surface area contributed by atoms with Crippen LogP contribution in [0, 0.1) is 5.41 Å². The molecule has 3 atom stereocenters. The molecule has 2 fully saturated rings. The number of halogens is 6. The highest BCUT2D eigenvalue weighted by molar-refractivity contribution is 7.91. The zero-order valence-electron chi connectivity index (χ0n) is 22.9. The monoisotopic (exact) mass is 647 g/mol. The van der Waals surface area contributed by atoms with Crippen molar-refractivity contribution in [3.05, 3.63) is 52.9 Å². The Bertz CT molecular complexity index is 1730. The van der Waals surface area contributed by atoms with Crippen molar-refractivity contribution in [2.75, 3.05) is 29.5 Å². The van der Waals surface area contributed by atoms with E-state index in [1.54, 1.807) is 0 Å². The lowest BCUT2D eigenvalue weighted by Gasteiger charge is -2.32. The van der Waals surface area contributed by atoms with Crippen LogP contribution in [-0.4, -0.2) is 76.3 Å². The fourth-order valence-electron chi connectivity index (χ4n) is 6.27. The Morgan fingerprint density at radius 2 is 1.79 bits per heavy atom. The molecule has 1 aromatic carbocycles. The van der Waals surface area contributed by atoms with Gasteiger partial charge in [-0.3, -0.25) is 4.79 Å². The van der Waals surface area contributed by atoms with Crippen LogP contribution in [0.3, 0.4) is 0 Å². The first-order valence-electron chi connectivity index (χ1n) is 13.4. The lowest BCUT2D eigenvalue weighted by atomic mass is 9.87. The molecule has 1 aliphatic carbocycles. The van der Waals surface area contributed by atoms with E-state index in [2.05, 4.69) is 15.4 Å². The molecule has 3 aromatic rings. The van der Waals surface area contributed by atoms with Gasteiger partial charge in [-0.15, -0.1) is 0 Å². The van der Waals surface area contributed by atoms with Gasteiger partial charge in [-0.2, -0.15) is 18.3 Å². The predicted octanol–water partition coefficient (Wildman–Crippen LogP) is 4.15. The second kappa shape index (κ2) is 9.24. The number of benzene rings is 1. The van der Waals surface area contributed by atoms with Gasteiger partial charge in [0.25, 0.3) is 5.92 Å². The van der Waals surface area contributed by atoms with Gasteiger partial charge in [0.2, 0.25) is 5.91 Å². The van der Waals surface area contributed by atoms with E-state index in [0.29, 0.717) is 5.69 Å². The number of fused-ring (bicyclic) bond motifs is 3. The van der Waals surface area contributed by atoms with Gasteiger partial charge in [0.15, 0.2) is 20.6 Å². The van der Waals surface area contributed by atoms with Crippen LogP contribution in [0.2, 0.25) is 5.15 Å². The van der Waals surface area contributed by atoms with Crippen LogP contribution in [0.25, 0.3) is 5.65 Å². The second-order valence-corrected chi connectivity index (χ2v) is 14.7. The van der Waals surface area contributed by atoms with Crippen molar-refractivity contribution >= 4 is 44.4 Å². The summed E-state index contributed by atoms with van der Waals surface area (Å²) in [5.41, 5.74) is -5.49. The Morgan fingerprint density at radius 1 is 1.16 bits per heavy atom. The number of sulfone groups is 1. The number of nitrogens with one attached hydrogen (secondary N) is 1. The van der Waals surface area contributed by atoms with Crippen molar-refractivity contribution in [1.29, 1.82) is 0 Å². The van der Waals surface area contributed by atoms with Gasteiger partial charge in [-0.25, -0.2) is 26.7 Å². The maximum atomic E-state index is 15.2. The Hall–Kier alpha value is -3.04. The zero-order chi connectivity index (χ0) is 31.4. The molecule has 232 valence electrons. The van der Waals surface area contributed by atoms with Gasteiger partial charge in [-0.1, -0.05) is 23.7 Å². The summed E-state index contributed by atoms with van der Waals surface area (Å²) in [6, 6.07) is 6.88. The highest BCUT2D eigenvalue weighted by Crippen LogP contribution is 2.71. The molecule has 0 unspecified atom stereocenters. The third-order valence-corrected chi connectivity index (χ3v) is 11.1. The third-order valence-electron chi connectivity index (χ3n) is 9.24. The van der Waals surface area contributed by atoms with Crippen molar-refractivity contribution in [2.24, 2.45) is 5.41 Å². The summed E-state index contributed by atoms with van der Waals surface area (Å²) in [6.07, 6.45) is -3.61. The fourth-order valence-corrected chi connectivity index (χ4v) is 8.03. The van der Waals surface area contributed by atoms with E-state index in [-0.39, 0.29) is 58.6 Å². The lowest BCUT2D eigenvalue weighted by molar-refractivity contribution is -0.181. The highest BCUT2D eigenvalue weighted by Gasteiger charge is 2.82. The number of anilines is 2. The minimum atomic E-state index is -4.67.